The van der Waals surface area contributed by atoms with E-state index in [2.05, 4.69) is 10.2 Å². The zero-order valence-electron chi connectivity index (χ0n) is 17.8. The molecule has 0 unspecified atom stereocenters. The normalized spacial score (nSPS) is 23.4. The van der Waals surface area contributed by atoms with E-state index in [1.54, 1.807) is 31.4 Å². The number of ether oxygens (including phenoxy) is 2. The van der Waals surface area contributed by atoms with Crippen molar-refractivity contribution in [1.82, 2.24) is 15.1 Å². The summed E-state index contributed by atoms with van der Waals surface area (Å²) in [6.07, 6.45) is 4.96. The fourth-order valence-corrected chi connectivity index (χ4v) is 4.36. The Kier molecular flexibility index (Phi) is 6.89. The Morgan fingerprint density at radius 1 is 1.10 bits per heavy atom. The van der Waals surface area contributed by atoms with Crippen molar-refractivity contribution >= 4 is 11.8 Å². The molecular weight excluding hydrogens is 382 g/mol. The SMILES string of the molecule is COc1ccc(C(=O)NC[C@H]2CN(CC3CCN(CC4CC4)CC3)C(=O)CO2)cc1. The maximum atomic E-state index is 12.4. The lowest BCUT2D eigenvalue weighted by atomic mass is 9.95. The quantitative estimate of drug-likeness (QED) is 0.701. The van der Waals surface area contributed by atoms with Crippen molar-refractivity contribution in [3.63, 3.8) is 0 Å². The van der Waals surface area contributed by atoms with Gasteiger partial charge >= 0.3 is 0 Å². The molecule has 0 aromatic heterocycles. The second-order valence-electron chi connectivity index (χ2n) is 8.86. The first kappa shape index (κ1) is 21.1. The molecule has 2 heterocycles. The van der Waals surface area contributed by atoms with Crippen LogP contribution in [0.3, 0.4) is 0 Å². The molecule has 4 rings (SSSR count). The van der Waals surface area contributed by atoms with Gasteiger partial charge in [-0.2, -0.15) is 0 Å². The first-order valence-corrected chi connectivity index (χ1v) is 11.1. The summed E-state index contributed by atoms with van der Waals surface area (Å²) >= 11 is 0. The van der Waals surface area contributed by atoms with E-state index < -0.39 is 0 Å². The molecule has 2 amide bonds. The Morgan fingerprint density at radius 3 is 2.47 bits per heavy atom. The number of nitrogens with zero attached hydrogens (tertiary/aromatic N) is 2. The van der Waals surface area contributed by atoms with Crippen LogP contribution >= 0.6 is 0 Å². The first-order valence-electron chi connectivity index (χ1n) is 11.1. The molecule has 164 valence electrons. The van der Waals surface area contributed by atoms with E-state index in [9.17, 15) is 9.59 Å². The van der Waals surface area contributed by atoms with Crippen molar-refractivity contribution < 1.29 is 19.1 Å². The molecular formula is C23H33N3O4. The molecule has 0 spiro atoms. The van der Waals surface area contributed by atoms with Gasteiger partial charge in [0.2, 0.25) is 5.91 Å². The van der Waals surface area contributed by atoms with Gasteiger partial charge in [-0.3, -0.25) is 9.59 Å². The molecule has 1 aromatic carbocycles. The van der Waals surface area contributed by atoms with E-state index in [4.69, 9.17) is 9.47 Å². The molecule has 1 N–H and O–H groups in total. The van der Waals surface area contributed by atoms with Gasteiger partial charge < -0.3 is 24.6 Å². The first-order chi connectivity index (χ1) is 14.6. The number of nitrogens with one attached hydrogen (secondary N) is 1. The molecule has 3 fully saturated rings. The van der Waals surface area contributed by atoms with E-state index in [1.165, 1.54) is 19.4 Å². The summed E-state index contributed by atoms with van der Waals surface area (Å²) in [6, 6.07) is 7.01. The van der Waals surface area contributed by atoms with Crippen molar-refractivity contribution in [3.8, 4) is 5.75 Å². The number of carbonyl (C=O) groups is 2. The van der Waals surface area contributed by atoms with Gasteiger partial charge in [0.1, 0.15) is 12.4 Å². The van der Waals surface area contributed by atoms with Crippen LogP contribution in [0, 0.1) is 11.8 Å². The summed E-state index contributed by atoms with van der Waals surface area (Å²) < 4.78 is 10.8. The Labute approximate surface area is 178 Å². The molecule has 7 nitrogen and oxygen atoms in total. The number of benzene rings is 1. The minimum Gasteiger partial charge on any atom is -0.497 e. The van der Waals surface area contributed by atoms with Crippen LogP contribution in [-0.2, 0) is 9.53 Å². The smallest absolute Gasteiger partial charge is 0.251 e. The maximum Gasteiger partial charge on any atom is 0.251 e. The van der Waals surface area contributed by atoms with E-state index in [0.717, 1.165) is 44.1 Å². The molecule has 2 aliphatic heterocycles. The maximum absolute atomic E-state index is 12.4. The highest BCUT2D eigenvalue weighted by atomic mass is 16.5. The minimum atomic E-state index is -0.167. The number of amides is 2. The van der Waals surface area contributed by atoms with Crippen LogP contribution in [-0.4, -0.2) is 80.7 Å². The lowest BCUT2D eigenvalue weighted by Gasteiger charge is -2.38. The predicted molar refractivity (Wildman–Crippen MR) is 114 cm³/mol. The predicted octanol–water partition coefficient (Wildman–Crippen LogP) is 1.77. The van der Waals surface area contributed by atoms with Gasteiger partial charge in [0.15, 0.2) is 0 Å². The number of likely N-dealkylation sites (tertiary alicyclic amines) is 1. The third-order valence-electron chi connectivity index (χ3n) is 6.46. The van der Waals surface area contributed by atoms with E-state index in [0.29, 0.717) is 24.6 Å². The van der Waals surface area contributed by atoms with E-state index >= 15 is 0 Å². The van der Waals surface area contributed by atoms with Crippen LogP contribution < -0.4 is 10.1 Å². The summed E-state index contributed by atoms with van der Waals surface area (Å²) in [6.45, 7) is 5.42. The second-order valence-corrected chi connectivity index (χ2v) is 8.86. The molecule has 1 saturated carbocycles. The highest BCUT2D eigenvalue weighted by molar-refractivity contribution is 5.94. The molecule has 30 heavy (non-hydrogen) atoms. The minimum absolute atomic E-state index is 0.0631. The molecule has 1 atom stereocenters. The standard InChI is InChI=1S/C23H33N3O4/c1-29-20-6-4-19(5-7-20)23(28)24-12-21-15-26(22(27)16-30-21)14-18-8-10-25(11-9-18)13-17-2-3-17/h4-7,17-18,21H,2-3,8-16H2,1H3,(H,24,28)/t21-/m0/s1. The van der Waals surface area contributed by atoms with Crippen molar-refractivity contribution in [3.05, 3.63) is 29.8 Å². The average molecular weight is 416 g/mol. The van der Waals surface area contributed by atoms with Crippen molar-refractivity contribution in [2.24, 2.45) is 11.8 Å². The molecule has 1 aliphatic carbocycles. The summed E-state index contributed by atoms with van der Waals surface area (Å²) in [5.41, 5.74) is 0.581. The number of rotatable bonds is 8. The number of morpholine rings is 1. The topological polar surface area (TPSA) is 71.1 Å². The van der Waals surface area contributed by atoms with Crippen LogP contribution in [0.1, 0.15) is 36.0 Å². The Hall–Kier alpha value is -2.12. The monoisotopic (exact) mass is 415 g/mol. The summed E-state index contributed by atoms with van der Waals surface area (Å²) in [5, 5.41) is 2.93. The summed E-state index contributed by atoms with van der Waals surface area (Å²) in [4.78, 5) is 29.2. The molecule has 0 radical (unpaired) electrons. The molecule has 3 aliphatic rings. The van der Waals surface area contributed by atoms with Gasteiger partial charge in [0, 0.05) is 31.7 Å². The van der Waals surface area contributed by atoms with Crippen LogP contribution in [0.25, 0.3) is 0 Å². The van der Waals surface area contributed by atoms with Gasteiger partial charge in [-0.1, -0.05) is 0 Å². The van der Waals surface area contributed by atoms with Crippen molar-refractivity contribution in [2.45, 2.75) is 31.8 Å². The number of hydrogen-bond acceptors (Lipinski definition) is 5. The molecule has 1 aromatic rings. The fourth-order valence-electron chi connectivity index (χ4n) is 4.36. The Morgan fingerprint density at radius 2 is 1.80 bits per heavy atom. The van der Waals surface area contributed by atoms with Crippen molar-refractivity contribution in [1.29, 1.82) is 0 Å². The molecule has 7 heteroatoms. The zero-order chi connectivity index (χ0) is 20.9. The third-order valence-corrected chi connectivity index (χ3v) is 6.46. The number of methoxy groups -OCH3 is 1. The van der Waals surface area contributed by atoms with E-state index in [1.807, 2.05) is 4.90 Å². The molecule has 0 bridgehead atoms. The lowest BCUT2D eigenvalue weighted by Crippen LogP contribution is -2.52. The number of piperidine rings is 1. The van der Waals surface area contributed by atoms with Crippen LogP contribution in [0.15, 0.2) is 24.3 Å². The Bertz CT molecular complexity index is 726. The highest BCUT2D eigenvalue weighted by Crippen LogP contribution is 2.31. The second kappa shape index (κ2) is 9.79. The number of carbonyl (C=O) groups excluding carboxylic acids is 2. The van der Waals surface area contributed by atoms with Crippen molar-refractivity contribution in [2.75, 3.05) is 53.0 Å². The van der Waals surface area contributed by atoms with Crippen LogP contribution in [0.4, 0.5) is 0 Å². The van der Waals surface area contributed by atoms with Crippen LogP contribution in [0.5, 0.6) is 5.75 Å². The zero-order valence-corrected chi connectivity index (χ0v) is 17.8. The fraction of sp³-hybridized carbons (Fsp3) is 0.652. The largest absolute Gasteiger partial charge is 0.497 e. The van der Waals surface area contributed by atoms with Gasteiger partial charge in [0.05, 0.1) is 13.2 Å². The number of hydrogen-bond donors (Lipinski definition) is 1. The van der Waals surface area contributed by atoms with Crippen LogP contribution in [0.2, 0.25) is 0 Å². The summed E-state index contributed by atoms with van der Waals surface area (Å²) in [7, 11) is 1.60. The summed E-state index contributed by atoms with van der Waals surface area (Å²) in [5.74, 6) is 2.14. The van der Waals surface area contributed by atoms with Gasteiger partial charge in [0.25, 0.3) is 5.91 Å². The van der Waals surface area contributed by atoms with Gasteiger partial charge in [-0.25, -0.2) is 0 Å². The van der Waals surface area contributed by atoms with Gasteiger partial charge in [-0.05, 0) is 74.9 Å². The third kappa shape index (κ3) is 5.73. The Balaban J connectivity index is 1.21. The average Bonchev–Trinajstić information content (AvgIpc) is 3.59. The lowest BCUT2D eigenvalue weighted by molar-refractivity contribution is -0.149. The molecule has 2 saturated heterocycles. The van der Waals surface area contributed by atoms with Gasteiger partial charge in [-0.15, -0.1) is 0 Å². The van der Waals surface area contributed by atoms with E-state index in [-0.39, 0.29) is 24.5 Å². The highest BCUT2D eigenvalue weighted by Gasteiger charge is 2.31.